The van der Waals surface area contributed by atoms with E-state index < -0.39 is 0 Å². The molecule has 0 spiro atoms. The quantitative estimate of drug-likeness (QED) is 0.841. The Hall–Kier alpha value is -1.30. The number of halogens is 1. The Labute approximate surface area is 155 Å². The highest BCUT2D eigenvalue weighted by molar-refractivity contribution is 6.30. The lowest BCUT2D eigenvalue weighted by atomic mass is 10.1. The van der Waals surface area contributed by atoms with Gasteiger partial charge in [0.1, 0.15) is 5.75 Å². The average molecular weight is 366 g/mol. The van der Waals surface area contributed by atoms with Crippen LogP contribution in [0.1, 0.15) is 36.0 Å². The van der Waals surface area contributed by atoms with E-state index >= 15 is 0 Å². The number of methoxy groups -OCH3 is 1. The second-order valence-corrected chi connectivity index (χ2v) is 7.33. The Morgan fingerprint density at radius 2 is 2.16 bits per heavy atom. The third-order valence-corrected chi connectivity index (χ3v) is 5.47. The number of ether oxygens (including phenoxy) is 1. The van der Waals surface area contributed by atoms with Crippen LogP contribution in [-0.2, 0) is 0 Å². The van der Waals surface area contributed by atoms with Gasteiger partial charge in [-0.05, 0) is 57.1 Å². The SMILES string of the molecule is COc1cc(Cl)ccc1C(=O)N(CCN1CCCCC1)C1CCNC1. The molecule has 1 unspecified atom stereocenters. The molecule has 2 aliphatic rings. The van der Waals surface area contributed by atoms with E-state index in [1.54, 1.807) is 25.3 Å². The molecule has 1 aromatic rings. The molecule has 2 aliphatic heterocycles. The second-order valence-electron chi connectivity index (χ2n) is 6.89. The summed E-state index contributed by atoms with van der Waals surface area (Å²) in [7, 11) is 1.58. The van der Waals surface area contributed by atoms with Crippen LogP contribution in [0.15, 0.2) is 18.2 Å². The minimum atomic E-state index is 0.0410. The van der Waals surface area contributed by atoms with Gasteiger partial charge in [-0.15, -0.1) is 0 Å². The Balaban J connectivity index is 1.74. The highest BCUT2D eigenvalue weighted by atomic mass is 35.5. The molecule has 1 amide bonds. The molecule has 2 heterocycles. The fourth-order valence-electron chi connectivity index (χ4n) is 3.78. The summed E-state index contributed by atoms with van der Waals surface area (Å²) < 4.78 is 5.40. The van der Waals surface area contributed by atoms with E-state index in [-0.39, 0.29) is 11.9 Å². The van der Waals surface area contributed by atoms with Gasteiger partial charge in [-0.2, -0.15) is 0 Å². The molecule has 0 bridgehead atoms. The molecule has 25 heavy (non-hydrogen) atoms. The molecule has 0 saturated carbocycles. The maximum atomic E-state index is 13.3. The topological polar surface area (TPSA) is 44.8 Å². The summed E-state index contributed by atoms with van der Waals surface area (Å²) in [5.41, 5.74) is 0.595. The Morgan fingerprint density at radius 3 is 2.84 bits per heavy atom. The second kappa shape index (κ2) is 8.88. The summed E-state index contributed by atoms with van der Waals surface area (Å²) in [5.74, 6) is 0.589. The fraction of sp³-hybridized carbons (Fsp3) is 0.632. The third-order valence-electron chi connectivity index (χ3n) is 5.24. The Kier molecular flexibility index (Phi) is 6.57. The van der Waals surface area contributed by atoms with E-state index in [4.69, 9.17) is 16.3 Å². The predicted molar refractivity (Wildman–Crippen MR) is 101 cm³/mol. The van der Waals surface area contributed by atoms with Gasteiger partial charge in [-0.1, -0.05) is 18.0 Å². The number of piperidine rings is 1. The highest BCUT2D eigenvalue weighted by Gasteiger charge is 2.29. The fourth-order valence-corrected chi connectivity index (χ4v) is 3.95. The molecule has 1 N–H and O–H groups in total. The minimum Gasteiger partial charge on any atom is -0.496 e. The van der Waals surface area contributed by atoms with E-state index in [1.165, 1.54) is 19.3 Å². The van der Waals surface area contributed by atoms with Crippen LogP contribution < -0.4 is 10.1 Å². The molecule has 3 rings (SSSR count). The number of nitrogens with zero attached hydrogens (tertiary/aromatic N) is 2. The lowest BCUT2D eigenvalue weighted by molar-refractivity contribution is 0.0656. The number of rotatable bonds is 6. The number of nitrogens with one attached hydrogen (secondary N) is 1. The van der Waals surface area contributed by atoms with Crippen LogP contribution >= 0.6 is 11.6 Å². The number of carbonyl (C=O) groups excluding carboxylic acids is 1. The zero-order chi connectivity index (χ0) is 17.6. The Bertz CT molecular complexity index is 584. The molecule has 5 nitrogen and oxygen atoms in total. The summed E-state index contributed by atoms with van der Waals surface area (Å²) in [5, 5.41) is 3.95. The number of hydrogen-bond donors (Lipinski definition) is 1. The Morgan fingerprint density at radius 1 is 1.36 bits per heavy atom. The van der Waals surface area contributed by atoms with Gasteiger partial charge in [-0.25, -0.2) is 0 Å². The number of hydrogen-bond acceptors (Lipinski definition) is 4. The largest absolute Gasteiger partial charge is 0.496 e. The first-order valence-corrected chi connectivity index (χ1v) is 9.64. The molecule has 0 aliphatic carbocycles. The van der Waals surface area contributed by atoms with E-state index in [9.17, 15) is 4.79 Å². The van der Waals surface area contributed by atoms with Crippen molar-refractivity contribution in [2.75, 3.05) is 46.4 Å². The van der Waals surface area contributed by atoms with Crippen molar-refractivity contribution in [1.29, 1.82) is 0 Å². The number of likely N-dealkylation sites (tertiary alicyclic amines) is 1. The van der Waals surface area contributed by atoms with Gasteiger partial charge in [-0.3, -0.25) is 4.79 Å². The van der Waals surface area contributed by atoms with Crippen LogP contribution in [0.2, 0.25) is 5.02 Å². The monoisotopic (exact) mass is 365 g/mol. The lowest BCUT2D eigenvalue weighted by Crippen LogP contribution is -2.46. The van der Waals surface area contributed by atoms with Crippen molar-refractivity contribution in [3.05, 3.63) is 28.8 Å². The van der Waals surface area contributed by atoms with Crippen LogP contribution in [0.3, 0.4) is 0 Å². The summed E-state index contributed by atoms with van der Waals surface area (Å²) >= 11 is 6.05. The number of carbonyl (C=O) groups is 1. The maximum absolute atomic E-state index is 13.3. The predicted octanol–water partition coefficient (Wildman–Crippen LogP) is 2.64. The normalized spacial score (nSPS) is 21.3. The van der Waals surface area contributed by atoms with Crippen LogP contribution in [0.5, 0.6) is 5.75 Å². The standard InChI is InChI=1S/C19H28ClN3O2/c1-25-18-13-15(20)5-6-17(18)19(24)23(16-7-8-21-14-16)12-11-22-9-3-2-4-10-22/h5-6,13,16,21H,2-4,7-12,14H2,1H3. The molecule has 0 aromatic heterocycles. The van der Waals surface area contributed by atoms with E-state index in [2.05, 4.69) is 10.2 Å². The summed E-state index contributed by atoms with van der Waals surface area (Å²) in [6, 6.07) is 5.50. The molecular weight excluding hydrogens is 338 g/mol. The van der Waals surface area contributed by atoms with E-state index in [1.807, 2.05) is 4.90 Å². The number of benzene rings is 1. The zero-order valence-electron chi connectivity index (χ0n) is 15.0. The van der Waals surface area contributed by atoms with Crippen LogP contribution in [-0.4, -0.2) is 68.1 Å². The van der Waals surface area contributed by atoms with Crippen LogP contribution in [0.4, 0.5) is 0 Å². The van der Waals surface area contributed by atoms with Gasteiger partial charge in [0.2, 0.25) is 0 Å². The first-order valence-electron chi connectivity index (χ1n) is 9.26. The van der Waals surface area contributed by atoms with Gasteiger partial charge in [0.25, 0.3) is 5.91 Å². The van der Waals surface area contributed by atoms with E-state index in [0.29, 0.717) is 16.3 Å². The van der Waals surface area contributed by atoms with Crippen LogP contribution in [0, 0.1) is 0 Å². The lowest BCUT2D eigenvalue weighted by Gasteiger charge is -2.33. The molecular formula is C19H28ClN3O2. The third kappa shape index (κ3) is 4.66. The zero-order valence-corrected chi connectivity index (χ0v) is 15.7. The molecule has 138 valence electrons. The molecule has 1 atom stereocenters. The number of amides is 1. The minimum absolute atomic E-state index is 0.0410. The average Bonchev–Trinajstić information content (AvgIpc) is 3.17. The molecule has 1 aromatic carbocycles. The smallest absolute Gasteiger partial charge is 0.257 e. The first kappa shape index (κ1) is 18.5. The van der Waals surface area contributed by atoms with Crippen molar-refractivity contribution in [3.63, 3.8) is 0 Å². The van der Waals surface area contributed by atoms with Crippen molar-refractivity contribution in [2.24, 2.45) is 0 Å². The van der Waals surface area contributed by atoms with Crippen LogP contribution in [0.25, 0.3) is 0 Å². The van der Waals surface area contributed by atoms with Crippen molar-refractivity contribution < 1.29 is 9.53 Å². The summed E-state index contributed by atoms with van der Waals surface area (Å²) in [6.07, 6.45) is 4.86. The van der Waals surface area contributed by atoms with Gasteiger partial charge in [0, 0.05) is 30.7 Å². The first-order chi connectivity index (χ1) is 12.2. The van der Waals surface area contributed by atoms with Crippen molar-refractivity contribution in [1.82, 2.24) is 15.1 Å². The molecule has 6 heteroatoms. The maximum Gasteiger partial charge on any atom is 0.257 e. The van der Waals surface area contributed by atoms with Crippen molar-refractivity contribution in [2.45, 2.75) is 31.7 Å². The van der Waals surface area contributed by atoms with Crippen molar-refractivity contribution >= 4 is 17.5 Å². The van der Waals surface area contributed by atoms with Gasteiger partial charge < -0.3 is 19.9 Å². The molecule has 2 fully saturated rings. The van der Waals surface area contributed by atoms with E-state index in [0.717, 1.165) is 45.7 Å². The summed E-state index contributed by atoms with van der Waals surface area (Å²) in [4.78, 5) is 17.8. The van der Waals surface area contributed by atoms with Crippen molar-refractivity contribution in [3.8, 4) is 5.75 Å². The molecule has 0 radical (unpaired) electrons. The molecule has 2 saturated heterocycles. The van der Waals surface area contributed by atoms with Gasteiger partial charge in [0.05, 0.1) is 12.7 Å². The summed E-state index contributed by atoms with van der Waals surface area (Å²) in [6.45, 7) is 5.83. The highest BCUT2D eigenvalue weighted by Crippen LogP contribution is 2.26. The van der Waals surface area contributed by atoms with Gasteiger partial charge in [0.15, 0.2) is 0 Å². The van der Waals surface area contributed by atoms with Gasteiger partial charge >= 0.3 is 0 Å².